The van der Waals surface area contributed by atoms with Crippen LogP contribution in [0.1, 0.15) is 23.1 Å². The zero-order valence-electron chi connectivity index (χ0n) is 15.3. The van der Waals surface area contributed by atoms with Crippen molar-refractivity contribution >= 4 is 38.6 Å². The Labute approximate surface area is 173 Å². The zero-order valence-corrected chi connectivity index (χ0v) is 17.0. The predicted octanol–water partition coefficient (Wildman–Crippen LogP) is 3.15. The van der Waals surface area contributed by atoms with Gasteiger partial charge in [0.05, 0.1) is 5.70 Å². The van der Waals surface area contributed by atoms with Crippen molar-refractivity contribution in [2.24, 2.45) is 5.10 Å². The highest BCUT2D eigenvalue weighted by Gasteiger charge is 2.15. The Bertz CT molecular complexity index is 1170. The molecule has 0 saturated carbocycles. The van der Waals surface area contributed by atoms with Crippen molar-refractivity contribution < 1.29 is 13.5 Å². The monoisotopic (exact) mass is 424 g/mol. The van der Waals surface area contributed by atoms with Crippen molar-refractivity contribution in [1.82, 2.24) is 5.43 Å². The van der Waals surface area contributed by atoms with Gasteiger partial charge >= 0.3 is 0 Å². The molecule has 4 rings (SSSR count). The lowest BCUT2D eigenvalue weighted by Gasteiger charge is -2.19. The van der Waals surface area contributed by atoms with Gasteiger partial charge in [-0.25, -0.2) is 8.42 Å². The number of nitrogens with one attached hydrogen (secondary N) is 2. The number of nitrogens with zero attached hydrogens (tertiary/aromatic N) is 1. The number of hydrazone groups is 1. The molecule has 2 N–H and O–H groups in total. The fourth-order valence-corrected chi connectivity index (χ4v) is 5.12. The van der Waals surface area contributed by atoms with E-state index in [0.717, 1.165) is 35.4 Å². The summed E-state index contributed by atoms with van der Waals surface area (Å²) in [7, 11) is -3.62. The number of anilines is 1. The maximum atomic E-state index is 12.4. The summed E-state index contributed by atoms with van der Waals surface area (Å²) in [6.45, 7) is 0. The van der Waals surface area contributed by atoms with E-state index in [0.29, 0.717) is 11.3 Å². The van der Waals surface area contributed by atoms with E-state index in [1.165, 1.54) is 11.6 Å². The van der Waals surface area contributed by atoms with Crippen molar-refractivity contribution in [3.8, 4) is 0 Å². The number of sulfonamides is 1. The minimum absolute atomic E-state index is 0.234. The van der Waals surface area contributed by atoms with Crippen LogP contribution in [0, 0.1) is 0 Å². The quantitative estimate of drug-likeness (QED) is 0.361. The number of allylic oxidation sites excluding steroid dienone is 1. The Balaban J connectivity index is 1.46. The van der Waals surface area contributed by atoms with Crippen LogP contribution in [0.15, 0.2) is 81.4 Å². The van der Waals surface area contributed by atoms with E-state index >= 15 is 0 Å². The molecule has 0 bridgehead atoms. The summed E-state index contributed by atoms with van der Waals surface area (Å²) in [6, 6.07) is 17.4. The third kappa shape index (κ3) is 4.33. The fraction of sp³-hybridized carbons (Fsp3) is 0.0952. The lowest BCUT2D eigenvalue weighted by molar-refractivity contribution is -0.213. The van der Waals surface area contributed by atoms with Gasteiger partial charge in [0, 0.05) is 17.1 Å². The molecule has 0 atom stereocenters. The Morgan fingerprint density at radius 1 is 1.03 bits per heavy atom. The summed E-state index contributed by atoms with van der Waals surface area (Å²) >= 11 is 1.14. The minimum Gasteiger partial charge on any atom is -0.857 e. The first-order valence-corrected chi connectivity index (χ1v) is 11.4. The number of fused-ring (bicyclic) bond motifs is 1. The molecule has 1 aliphatic rings. The molecule has 0 unspecified atom stereocenters. The van der Waals surface area contributed by atoms with Crippen molar-refractivity contribution in [2.45, 2.75) is 17.1 Å². The lowest BCUT2D eigenvalue weighted by Crippen LogP contribution is -2.23. The van der Waals surface area contributed by atoms with Gasteiger partial charge in [-0.3, -0.25) is 10.1 Å². The summed E-state index contributed by atoms with van der Waals surface area (Å²) in [5.74, 6) is -0.429. The van der Waals surface area contributed by atoms with Crippen LogP contribution in [0.2, 0.25) is 0 Å². The molecular formula is C21H18N3O3S2-. The van der Waals surface area contributed by atoms with E-state index in [1.54, 1.807) is 35.7 Å². The third-order valence-electron chi connectivity index (χ3n) is 4.49. The van der Waals surface area contributed by atoms with E-state index in [2.05, 4.69) is 21.3 Å². The summed E-state index contributed by atoms with van der Waals surface area (Å²) in [5, 5.41) is 18.1. The van der Waals surface area contributed by atoms with Crippen molar-refractivity contribution in [3.63, 3.8) is 0 Å². The van der Waals surface area contributed by atoms with Gasteiger partial charge in [-0.1, -0.05) is 48.5 Å². The molecule has 1 aliphatic carbocycles. The smallest absolute Gasteiger partial charge is 0.271 e. The average Bonchev–Trinajstić information content (AvgIpc) is 3.28. The molecule has 0 radical (unpaired) electrons. The molecule has 1 heterocycles. The van der Waals surface area contributed by atoms with Gasteiger partial charge in [0.25, 0.3) is 10.0 Å². The van der Waals surface area contributed by atoms with Gasteiger partial charge in [0.1, 0.15) is 4.21 Å². The van der Waals surface area contributed by atoms with Gasteiger partial charge in [-0.15, -0.1) is 11.3 Å². The fourth-order valence-electron chi connectivity index (χ4n) is 3.07. The van der Waals surface area contributed by atoms with Crippen LogP contribution in [-0.4, -0.2) is 14.3 Å². The van der Waals surface area contributed by atoms with Crippen molar-refractivity contribution in [1.29, 1.82) is 0 Å². The second kappa shape index (κ2) is 8.10. The molecule has 29 heavy (non-hydrogen) atoms. The number of thiophene rings is 1. The van der Waals surface area contributed by atoms with Crippen molar-refractivity contribution in [3.05, 3.63) is 88.8 Å². The maximum Gasteiger partial charge on any atom is 0.271 e. The van der Waals surface area contributed by atoms with Crippen LogP contribution in [-0.2, 0) is 16.4 Å². The Morgan fingerprint density at radius 2 is 1.83 bits per heavy atom. The van der Waals surface area contributed by atoms with E-state index in [9.17, 15) is 13.5 Å². The molecule has 8 heteroatoms. The first kappa shape index (κ1) is 19.2. The van der Waals surface area contributed by atoms with Gasteiger partial charge in [-0.05, 0) is 47.5 Å². The summed E-state index contributed by atoms with van der Waals surface area (Å²) < 4.78 is 27.2. The topological polar surface area (TPSA) is 93.6 Å². The normalized spacial score (nSPS) is 14.1. The molecule has 0 amide bonds. The van der Waals surface area contributed by atoms with Crippen LogP contribution in [0.3, 0.4) is 0 Å². The Morgan fingerprint density at radius 3 is 2.59 bits per heavy atom. The number of rotatable bonds is 6. The predicted molar refractivity (Wildman–Crippen MR) is 114 cm³/mol. The van der Waals surface area contributed by atoms with Gasteiger partial charge < -0.3 is 5.11 Å². The minimum atomic E-state index is -3.62. The number of hydrogen-bond donors (Lipinski definition) is 2. The van der Waals surface area contributed by atoms with E-state index < -0.39 is 15.9 Å². The molecule has 1 aromatic heterocycles. The summed E-state index contributed by atoms with van der Waals surface area (Å²) in [5.41, 5.74) is 6.71. The molecule has 0 saturated heterocycles. The van der Waals surface area contributed by atoms with Gasteiger partial charge in [0.2, 0.25) is 0 Å². The average molecular weight is 425 g/mol. The van der Waals surface area contributed by atoms with Gasteiger partial charge in [0.15, 0.2) is 0 Å². The van der Waals surface area contributed by atoms with Crippen LogP contribution in [0.5, 0.6) is 0 Å². The van der Waals surface area contributed by atoms with Crippen LogP contribution in [0.25, 0.3) is 5.70 Å². The largest absolute Gasteiger partial charge is 0.857 e. The van der Waals surface area contributed by atoms with Crippen LogP contribution >= 0.6 is 11.3 Å². The first-order chi connectivity index (χ1) is 14.0. The van der Waals surface area contributed by atoms with Gasteiger partial charge in [-0.2, -0.15) is 5.10 Å². The number of aryl methyl sites for hydroxylation is 1. The second-order valence-electron chi connectivity index (χ2n) is 6.46. The first-order valence-electron chi connectivity index (χ1n) is 8.99. The molecule has 148 valence electrons. The highest BCUT2D eigenvalue weighted by Crippen LogP contribution is 2.24. The molecule has 0 aliphatic heterocycles. The molecular weight excluding hydrogens is 406 g/mol. The molecule has 2 aromatic carbocycles. The summed E-state index contributed by atoms with van der Waals surface area (Å²) in [4.78, 5) is 0. The zero-order chi connectivity index (χ0) is 20.3. The van der Waals surface area contributed by atoms with E-state index in [4.69, 9.17) is 0 Å². The Hall–Kier alpha value is -3.10. The molecule has 3 aromatic rings. The van der Waals surface area contributed by atoms with Crippen LogP contribution < -0.4 is 15.3 Å². The SMILES string of the molecule is O=S(=O)(Nc1ccc(C([O-])=NNC2=CCCc3ccccc32)cc1)c1cccs1. The highest BCUT2D eigenvalue weighted by molar-refractivity contribution is 7.94. The van der Waals surface area contributed by atoms with E-state index in [1.807, 2.05) is 24.3 Å². The van der Waals surface area contributed by atoms with Crippen molar-refractivity contribution in [2.75, 3.05) is 4.72 Å². The standard InChI is InChI=1S/C21H19N3O3S2/c25-21(23-22-19-8-3-6-15-5-1-2-7-18(15)19)16-10-12-17(13-11-16)24-29(26,27)20-9-4-14-28-20/h1-2,4-5,7-14,22,24H,3,6H2,(H,23,25)/p-1. The highest BCUT2D eigenvalue weighted by atomic mass is 32.2. The second-order valence-corrected chi connectivity index (χ2v) is 9.31. The molecule has 6 nitrogen and oxygen atoms in total. The van der Waals surface area contributed by atoms with Crippen LogP contribution in [0.4, 0.5) is 5.69 Å². The lowest BCUT2D eigenvalue weighted by atomic mass is 9.95. The number of benzene rings is 2. The van der Waals surface area contributed by atoms with E-state index in [-0.39, 0.29) is 4.21 Å². The maximum absolute atomic E-state index is 12.4. The molecule has 0 fully saturated rings. The third-order valence-corrected chi connectivity index (χ3v) is 7.27. The number of hydrogen-bond acceptors (Lipinski definition) is 6. The molecule has 0 spiro atoms. The summed E-state index contributed by atoms with van der Waals surface area (Å²) in [6.07, 6.45) is 3.89. The Kier molecular flexibility index (Phi) is 5.37.